The van der Waals surface area contributed by atoms with Crippen LogP contribution in [0.25, 0.3) is 17.6 Å². The van der Waals surface area contributed by atoms with E-state index in [4.69, 9.17) is 4.74 Å². The Morgan fingerprint density at radius 1 is 1.39 bits per heavy atom. The van der Waals surface area contributed by atoms with E-state index in [0.29, 0.717) is 12.4 Å². The van der Waals surface area contributed by atoms with Crippen LogP contribution in [-0.2, 0) is 9.53 Å². The van der Waals surface area contributed by atoms with E-state index in [2.05, 4.69) is 15.5 Å². The zero-order valence-corrected chi connectivity index (χ0v) is 9.85. The number of nitrogens with zero attached hydrogens (tertiary/aromatic N) is 4. The van der Waals surface area contributed by atoms with Crippen LogP contribution in [0.5, 0.6) is 0 Å². The Morgan fingerprint density at radius 2 is 2.17 bits per heavy atom. The third-order valence-electron chi connectivity index (χ3n) is 2.16. The highest BCUT2D eigenvalue weighted by Crippen LogP contribution is 2.14. The monoisotopic (exact) mass is 244 g/mol. The van der Waals surface area contributed by atoms with Crippen molar-refractivity contribution in [1.29, 1.82) is 0 Å². The maximum absolute atomic E-state index is 11.2. The molecule has 18 heavy (non-hydrogen) atoms. The summed E-state index contributed by atoms with van der Waals surface area (Å²) in [6, 6.07) is 9.47. The Bertz CT molecular complexity index is 548. The first kappa shape index (κ1) is 12.0. The van der Waals surface area contributed by atoms with E-state index >= 15 is 0 Å². The fraction of sp³-hybridized carbons (Fsp3) is 0.167. The highest BCUT2D eigenvalue weighted by Gasteiger charge is 2.06. The van der Waals surface area contributed by atoms with Crippen molar-refractivity contribution in [3.63, 3.8) is 0 Å². The minimum atomic E-state index is -0.424. The summed E-state index contributed by atoms with van der Waals surface area (Å²) in [6.45, 7) is 2.09. The molecule has 0 aliphatic rings. The number of esters is 1. The minimum absolute atomic E-state index is 0.338. The molecule has 0 N–H and O–H groups in total. The van der Waals surface area contributed by atoms with Crippen LogP contribution in [0.3, 0.4) is 0 Å². The molecule has 0 aliphatic heterocycles. The summed E-state index contributed by atoms with van der Waals surface area (Å²) in [7, 11) is 0. The second kappa shape index (κ2) is 5.72. The predicted molar refractivity (Wildman–Crippen MR) is 65.2 cm³/mol. The van der Waals surface area contributed by atoms with Crippen LogP contribution in [0.4, 0.5) is 0 Å². The van der Waals surface area contributed by atoms with Gasteiger partial charge in [0.2, 0.25) is 0 Å². The van der Waals surface area contributed by atoms with E-state index in [1.807, 2.05) is 30.3 Å². The first-order valence-corrected chi connectivity index (χ1v) is 5.49. The number of aromatic nitrogens is 4. The molecule has 0 aliphatic carbocycles. The van der Waals surface area contributed by atoms with E-state index in [1.54, 1.807) is 6.92 Å². The smallest absolute Gasteiger partial charge is 0.332 e. The maximum Gasteiger partial charge on any atom is 0.332 e. The normalized spacial score (nSPS) is 10.7. The van der Waals surface area contributed by atoms with Crippen molar-refractivity contribution in [2.45, 2.75) is 6.92 Å². The van der Waals surface area contributed by atoms with Gasteiger partial charge in [-0.15, -0.1) is 5.10 Å². The lowest BCUT2D eigenvalue weighted by atomic mass is 10.2. The molecule has 0 spiro atoms. The van der Waals surface area contributed by atoms with Crippen LogP contribution in [0.1, 0.15) is 6.92 Å². The number of benzene rings is 1. The summed E-state index contributed by atoms with van der Waals surface area (Å²) < 4.78 is 6.20. The predicted octanol–water partition coefficient (Wildman–Crippen LogP) is 1.37. The molecule has 92 valence electrons. The van der Waals surface area contributed by atoms with Crippen molar-refractivity contribution >= 4 is 12.2 Å². The van der Waals surface area contributed by atoms with Crippen molar-refractivity contribution in [1.82, 2.24) is 20.2 Å². The standard InChI is InChI=1S/C12H12N4O2/c1-2-18-11(17)8-9-16-12(13-14-15-16)10-6-4-3-5-7-10/h3-9H,2H2,1H3/b9-8+. The number of carbonyl (C=O) groups excluding carboxylic acids is 1. The van der Waals surface area contributed by atoms with Crippen LogP contribution in [0.15, 0.2) is 36.4 Å². The summed E-state index contributed by atoms with van der Waals surface area (Å²) >= 11 is 0. The van der Waals surface area contributed by atoms with E-state index in [0.717, 1.165) is 5.56 Å². The second-order valence-corrected chi connectivity index (χ2v) is 3.38. The molecular weight excluding hydrogens is 232 g/mol. The molecule has 0 amide bonds. The summed E-state index contributed by atoms with van der Waals surface area (Å²) in [5.74, 6) is 0.142. The molecule has 1 aromatic carbocycles. The van der Waals surface area contributed by atoms with Gasteiger partial charge in [-0.3, -0.25) is 0 Å². The number of hydrogen-bond donors (Lipinski definition) is 0. The SMILES string of the molecule is CCOC(=O)/C=C/n1nnnc1-c1ccccc1. The average molecular weight is 244 g/mol. The van der Waals surface area contributed by atoms with Crippen LogP contribution in [0, 0.1) is 0 Å². The van der Waals surface area contributed by atoms with Gasteiger partial charge in [-0.05, 0) is 17.4 Å². The van der Waals surface area contributed by atoms with Crippen LogP contribution >= 0.6 is 0 Å². The van der Waals surface area contributed by atoms with Gasteiger partial charge >= 0.3 is 5.97 Å². The van der Waals surface area contributed by atoms with Crippen molar-refractivity contribution in [3.05, 3.63) is 36.4 Å². The Labute approximate surface area is 104 Å². The molecule has 2 aromatic rings. The molecule has 0 fully saturated rings. The lowest BCUT2D eigenvalue weighted by Crippen LogP contribution is -2.01. The van der Waals surface area contributed by atoms with Gasteiger partial charge in [0.25, 0.3) is 0 Å². The number of tetrazole rings is 1. The molecule has 0 saturated carbocycles. The largest absolute Gasteiger partial charge is 0.463 e. The van der Waals surface area contributed by atoms with E-state index in [-0.39, 0.29) is 0 Å². The fourth-order valence-electron chi connectivity index (χ4n) is 1.39. The average Bonchev–Trinajstić information content (AvgIpc) is 2.86. The van der Waals surface area contributed by atoms with E-state index in [1.165, 1.54) is 17.0 Å². The van der Waals surface area contributed by atoms with Gasteiger partial charge in [0, 0.05) is 17.8 Å². The van der Waals surface area contributed by atoms with Gasteiger partial charge in [-0.2, -0.15) is 4.68 Å². The van der Waals surface area contributed by atoms with Crippen molar-refractivity contribution in [2.75, 3.05) is 6.61 Å². The number of ether oxygens (including phenoxy) is 1. The first-order chi connectivity index (χ1) is 8.81. The molecular formula is C12H12N4O2. The van der Waals surface area contributed by atoms with Crippen LogP contribution in [0.2, 0.25) is 0 Å². The maximum atomic E-state index is 11.2. The van der Waals surface area contributed by atoms with Gasteiger partial charge in [0.1, 0.15) is 0 Å². The summed E-state index contributed by atoms with van der Waals surface area (Å²) in [4.78, 5) is 11.2. The van der Waals surface area contributed by atoms with Gasteiger partial charge < -0.3 is 4.74 Å². The third kappa shape index (κ3) is 2.79. The Balaban J connectivity index is 2.21. The molecule has 0 radical (unpaired) electrons. The van der Waals surface area contributed by atoms with Gasteiger partial charge in [-0.25, -0.2) is 4.79 Å². The zero-order valence-electron chi connectivity index (χ0n) is 9.85. The van der Waals surface area contributed by atoms with Crippen molar-refractivity contribution < 1.29 is 9.53 Å². The molecule has 6 heteroatoms. The molecule has 0 unspecified atom stereocenters. The molecule has 0 saturated heterocycles. The first-order valence-electron chi connectivity index (χ1n) is 5.49. The lowest BCUT2D eigenvalue weighted by Gasteiger charge is -1.99. The minimum Gasteiger partial charge on any atom is -0.463 e. The fourth-order valence-corrected chi connectivity index (χ4v) is 1.39. The lowest BCUT2D eigenvalue weighted by molar-refractivity contribution is -0.137. The van der Waals surface area contributed by atoms with Crippen LogP contribution in [-0.4, -0.2) is 32.8 Å². The number of hydrogen-bond acceptors (Lipinski definition) is 5. The highest BCUT2D eigenvalue weighted by molar-refractivity contribution is 5.85. The van der Waals surface area contributed by atoms with E-state index in [9.17, 15) is 4.79 Å². The summed E-state index contributed by atoms with van der Waals surface area (Å²) in [5.41, 5.74) is 0.871. The second-order valence-electron chi connectivity index (χ2n) is 3.38. The topological polar surface area (TPSA) is 69.9 Å². The molecule has 0 bridgehead atoms. The zero-order chi connectivity index (χ0) is 12.8. The molecule has 1 aromatic heterocycles. The number of carbonyl (C=O) groups is 1. The molecule has 6 nitrogen and oxygen atoms in total. The molecule has 2 rings (SSSR count). The van der Waals surface area contributed by atoms with Crippen LogP contribution < -0.4 is 0 Å². The summed E-state index contributed by atoms with van der Waals surface area (Å²) in [6.07, 6.45) is 2.76. The van der Waals surface area contributed by atoms with Crippen molar-refractivity contribution in [3.8, 4) is 11.4 Å². The van der Waals surface area contributed by atoms with Gasteiger partial charge in [0.05, 0.1) is 6.61 Å². The van der Waals surface area contributed by atoms with E-state index < -0.39 is 5.97 Å². The number of rotatable bonds is 4. The molecule has 1 heterocycles. The third-order valence-corrected chi connectivity index (χ3v) is 2.16. The molecule has 0 atom stereocenters. The highest BCUT2D eigenvalue weighted by atomic mass is 16.5. The van der Waals surface area contributed by atoms with Crippen molar-refractivity contribution in [2.24, 2.45) is 0 Å². The van der Waals surface area contributed by atoms with Gasteiger partial charge in [-0.1, -0.05) is 30.3 Å². The summed E-state index contributed by atoms with van der Waals surface area (Å²) in [5, 5.41) is 11.3. The van der Waals surface area contributed by atoms with Gasteiger partial charge in [0.15, 0.2) is 5.82 Å². The Kier molecular flexibility index (Phi) is 3.80. The quantitative estimate of drug-likeness (QED) is 0.600. The Hall–Kier alpha value is -2.50. The Morgan fingerprint density at radius 3 is 2.89 bits per heavy atom.